The Morgan fingerprint density at radius 1 is 1.27 bits per heavy atom. The van der Waals surface area contributed by atoms with Crippen molar-refractivity contribution in [2.75, 3.05) is 0 Å². The van der Waals surface area contributed by atoms with E-state index in [0.717, 1.165) is 6.54 Å². The summed E-state index contributed by atoms with van der Waals surface area (Å²) in [4.78, 5) is -4.78. The highest BCUT2D eigenvalue weighted by Crippen LogP contribution is 2.49. The first-order valence-corrected chi connectivity index (χ1v) is 6.24. The molecular formula is C11H15F7N4+2. The van der Waals surface area contributed by atoms with Crippen LogP contribution >= 0.6 is 0 Å². The lowest BCUT2D eigenvalue weighted by molar-refractivity contribution is -1.21. The Morgan fingerprint density at radius 2 is 1.86 bits per heavy atom. The molecule has 22 heavy (non-hydrogen) atoms. The van der Waals surface area contributed by atoms with Gasteiger partial charge in [-0.05, 0) is 11.5 Å². The fraction of sp³-hybridized carbons (Fsp3) is 0.545. The highest BCUT2D eigenvalue weighted by molar-refractivity contribution is 4.95. The summed E-state index contributed by atoms with van der Waals surface area (Å²) >= 11 is 0. The van der Waals surface area contributed by atoms with Crippen molar-refractivity contribution < 1.29 is 40.5 Å². The molecule has 0 aliphatic carbocycles. The maximum Gasteiger partial charge on any atom is 0.597 e. The van der Waals surface area contributed by atoms with Crippen LogP contribution in [0.4, 0.5) is 31.0 Å². The summed E-state index contributed by atoms with van der Waals surface area (Å²) in [6, 6.07) is 0. The number of quaternary nitrogens is 1. The lowest BCUT2D eigenvalue weighted by atomic mass is 10.3. The van der Waals surface area contributed by atoms with Gasteiger partial charge in [-0.15, -0.1) is 13.2 Å². The summed E-state index contributed by atoms with van der Waals surface area (Å²) in [5.41, 5.74) is 0. The second kappa shape index (κ2) is 6.55. The van der Waals surface area contributed by atoms with Crippen LogP contribution in [0.25, 0.3) is 0 Å². The van der Waals surface area contributed by atoms with E-state index in [1.807, 2.05) is 7.05 Å². The van der Waals surface area contributed by atoms with Gasteiger partial charge in [0.25, 0.3) is 0 Å². The number of aryl methyl sites for hydroxylation is 2. The molecule has 2 heterocycles. The van der Waals surface area contributed by atoms with Crippen LogP contribution in [0, 0.1) is 0 Å². The molecule has 2 rings (SSSR count). The number of alkyl halides is 2. The van der Waals surface area contributed by atoms with Crippen LogP contribution in [0.15, 0.2) is 30.6 Å². The Morgan fingerprint density at radius 3 is 2.14 bits per heavy atom. The molecule has 1 aliphatic heterocycles. The van der Waals surface area contributed by atoms with Gasteiger partial charge in [-0.25, -0.2) is 9.13 Å². The van der Waals surface area contributed by atoms with Crippen molar-refractivity contribution in [1.82, 2.24) is 9.69 Å². The molecule has 0 atom stereocenters. The Bertz CT molecular complexity index is 540. The number of rotatable bonds is 3. The minimum Gasteiger partial charge on any atom is -0.240 e. The third-order valence-corrected chi connectivity index (χ3v) is 2.76. The fourth-order valence-electron chi connectivity index (χ4n) is 1.52. The molecular weight excluding hydrogens is 321 g/mol. The van der Waals surface area contributed by atoms with Crippen molar-refractivity contribution in [3.63, 3.8) is 0 Å². The molecule has 1 aromatic heterocycles. The Labute approximate surface area is 121 Å². The van der Waals surface area contributed by atoms with E-state index in [4.69, 9.17) is 0 Å². The van der Waals surface area contributed by atoms with Crippen LogP contribution < -0.4 is 4.57 Å². The van der Waals surface area contributed by atoms with Crippen molar-refractivity contribution in [2.45, 2.75) is 32.5 Å². The Balaban J connectivity index is 0.000000224. The standard InChI is InChI=1S/C8H15N2.C3F7N2/c1-3-4-5-10-7-6-9(2)8-10;4-1-2(5)12(9,10)3(6,7)11(1)8/h6-8H,3-5H2,1-2H3;/q2*+1. The summed E-state index contributed by atoms with van der Waals surface area (Å²) in [5.74, 6) is -6.09. The number of hydrogen-bond donors (Lipinski definition) is 0. The van der Waals surface area contributed by atoms with Crippen molar-refractivity contribution in [3.8, 4) is 0 Å². The first-order chi connectivity index (χ1) is 10.1. The van der Waals surface area contributed by atoms with Gasteiger partial charge in [0.15, 0.2) is 0 Å². The molecule has 0 saturated carbocycles. The predicted octanol–water partition coefficient (Wildman–Crippen LogP) is 3.50. The Hall–Kier alpha value is -1.78. The first-order valence-electron chi connectivity index (χ1n) is 6.24. The van der Waals surface area contributed by atoms with Crippen LogP contribution in [0.3, 0.4) is 0 Å². The fourth-order valence-corrected chi connectivity index (χ4v) is 1.52. The molecule has 0 aromatic carbocycles. The molecule has 4 nitrogen and oxygen atoms in total. The van der Waals surface area contributed by atoms with E-state index in [9.17, 15) is 31.0 Å². The number of nitrogens with zero attached hydrogens (tertiary/aromatic N) is 4. The molecule has 0 bridgehead atoms. The minimum atomic E-state index is -5.56. The van der Waals surface area contributed by atoms with E-state index >= 15 is 0 Å². The van der Waals surface area contributed by atoms with Gasteiger partial charge < -0.3 is 0 Å². The summed E-state index contributed by atoms with van der Waals surface area (Å²) in [7, 11) is 2.04. The van der Waals surface area contributed by atoms with Gasteiger partial charge in [0.1, 0.15) is 12.4 Å². The quantitative estimate of drug-likeness (QED) is 0.356. The number of halogens is 7. The molecule has 0 amide bonds. The zero-order valence-corrected chi connectivity index (χ0v) is 11.8. The summed E-state index contributed by atoms with van der Waals surface area (Å²) in [6.45, 7) is 3.36. The highest BCUT2D eigenvalue weighted by Gasteiger charge is 2.78. The van der Waals surface area contributed by atoms with Crippen LogP contribution in [-0.2, 0) is 13.6 Å². The van der Waals surface area contributed by atoms with Crippen molar-refractivity contribution >= 4 is 0 Å². The molecule has 1 aromatic rings. The average molecular weight is 336 g/mol. The normalized spacial score (nSPS) is 19.2. The summed E-state index contributed by atoms with van der Waals surface area (Å²) in [5, 5.41) is -2.26. The third kappa shape index (κ3) is 3.34. The van der Waals surface area contributed by atoms with Gasteiger partial charge in [0, 0.05) is 0 Å². The predicted molar refractivity (Wildman–Crippen MR) is 60.1 cm³/mol. The van der Waals surface area contributed by atoms with Crippen molar-refractivity contribution in [1.29, 1.82) is 0 Å². The molecule has 0 fully saturated rings. The maximum atomic E-state index is 11.9. The van der Waals surface area contributed by atoms with E-state index in [1.54, 1.807) is 0 Å². The van der Waals surface area contributed by atoms with E-state index in [2.05, 4.69) is 34.8 Å². The minimum absolute atomic E-state index is 1.15. The second-order valence-electron chi connectivity index (χ2n) is 4.56. The largest absolute Gasteiger partial charge is 0.597 e. The summed E-state index contributed by atoms with van der Waals surface area (Å²) < 4.78 is 87.1. The molecule has 0 spiro atoms. The lowest BCUT2D eigenvalue weighted by Gasteiger charge is -2.14. The van der Waals surface area contributed by atoms with Gasteiger partial charge in [-0.3, -0.25) is 0 Å². The van der Waals surface area contributed by atoms with E-state index in [0.29, 0.717) is 0 Å². The van der Waals surface area contributed by atoms with Gasteiger partial charge in [-0.1, -0.05) is 17.8 Å². The van der Waals surface area contributed by atoms with Crippen molar-refractivity contribution in [2.24, 2.45) is 7.05 Å². The van der Waals surface area contributed by atoms with Crippen molar-refractivity contribution in [3.05, 3.63) is 30.6 Å². The van der Waals surface area contributed by atoms with E-state index in [1.165, 1.54) is 12.8 Å². The number of unbranched alkanes of at least 4 members (excludes halogenated alkanes) is 1. The number of imidazole rings is 1. The number of aromatic nitrogens is 2. The average Bonchev–Trinajstić information content (AvgIpc) is 2.91. The number of hydrogen-bond acceptors (Lipinski definition) is 1. The van der Waals surface area contributed by atoms with Crippen LogP contribution in [0.2, 0.25) is 0 Å². The first kappa shape index (κ1) is 18.3. The van der Waals surface area contributed by atoms with E-state index < -0.39 is 28.1 Å². The molecule has 0 N–H and O–H groups in total. The van der Waals surface area contributed by atoms with Gasteiger partial charge in [0.05, 0.1) is 22.6 Å². The second-order valence-corrected chi connectivity index (χ2v) is 4.56. The highest BCUT2D eigenvalue weighted by atomic mass is 19.4. The molecule has 0 saturated heterocycles. The topological polar surface area (TPSA) is 12.0 Å². The molecule has 0 radical (unpaired) electrons. The van der Waals surface area contributed by atoms with Gasteiger partial charge in [0.2, 0.25) is 11.3 Å². The lowest BCUT2D eigenvalue weighted by Crippen LogP contribution is -2.48. The van der Waals surface area contributed by atoms with Crippen LogP contribution in [0.5, 0.6) is 0 Å². The van der Waals surface area contributed by atoms with Crippen LogP contribution in [-0.4, -0.2) is 20.8 Å². The molecule has 126 valence electrons. The smallest absolute Gasteiger partial charge is 0.240 e. The van der Waals surface area contributed by atoms with Crippen LogP contribution in [0.1, 0.15) is 19.8 Å². The molecule has 0 unspecified atom stereocenters. The van der Waals surface area contributed by atoms with Gasteiger partial charge in [-0.2, -0.15) is 4.39 Å². The monoisotopic (exact) mass is 336 g/mol. The Kier molecular flexibility index (Phi) is 5.44. The third-order valence-electron chi connectivity index (χ3n) is 2.76. The zero-order valence-electron chi connectivity index (χ0n) is 11.8. The summed E-state index contributed by atoms with van der Waals surface area (Å²) in [6.07, 6.45) is 3.26. The maximum absolute atomic E-state index is 11.9. The zero-order chi connectivity index (χ0) is 17.1. The van der Waals surface area contributed by atoms with Gasteiger partial charge >= 0.3 is 18.1 Å². The molecule has 11 heteroatoms. The van der Waals surface area contributed by atoms with E-state index in [-0.39, 0.29) is 0 Å². The molecule has 1 aliphatic rings. The SMILES string of the molecule is CCCCn1cc[n+](C)c1.FC1=C(F)[N+](F)(F)C(F)(F)N1F.